The number of cyclic esters (lactones) is 1. The van der Waals surface area contributed by atoms with Gasteiger partial charge in [0.05, 0.1) is 11.1 Å². The Kier molecular flexibility index (Phi) is 5.37. The third-order valence-electron chi connectivity index (χ3n) is 4.83. The minimum absolute atomic E-state index is 0.0360. The fourth-order valence-corrected chi connectivity index (χ4v) is 3.21. The smallest absolute Gasteiger partial charge is 0.382 e. The molecular formula is C23H16F2O6. The molecule has 4 rings (SSSR count). The molecule has 31 heavy (non-hydrogen) atoms. The number of esters is 3. The molecule has 0 aromatic heterocycles. The summed E-state index contributed by atoms with van der Waals surface area (Å²) in [6, 6.07) is 19.6. The van der Waals surface area contributed by atoms with Crippen molar-refractivity contribution in [3.63, 3.8) is 0 Å². The average Bonchev–Trinajstić information content (AvgIpc) is 3.00. The summed E-state index contributed by atoms with van der Waals surface area (Å²) in [5.41, 5.74) is 0.233. The first kappa shape index (κ1) is 20.5. The molecule has 1 aliphatic heterocycles. The Morgan fingerprint density at radius 1 is 0.871 bits per heavy atom. The van der Waals surface area contributed by atoms with Crippen LogP contribution in [0.1, 0.15) is 20.7 Å². The number of carbonyl (C=O) groups is 3. The lowest BCUT2D eigenvalue weighted by atomic mass is 10.1. The van der Waals surface area contributed by atoms with Crippen molar-refractivity contribution in [1.82, 2.24) is 0 Å². The van der Waals surface area contributed by atoms with E-state index in [9.17, 15) is 23.2 Å². The summed E-state index contributed by atoms with van der Waals surface area (Å²) >= 11 is 0. The molecule has 0 saturated carbocycles. The van der Waals surface area contributed by atoms with E-state index in [0.717, 1.165) is 10.8 Å². The molecule has 1 heterocycles. The van der Waals surface area contributed by atoms with Gasteiger partial charge in [0.25, 0.3) is 0 Å². The number of benzene rings is 3. The maximum absolute atomic E-state index is 14.3. The van der Waals surface area contributed by atoms with Gasteiger partial charge in [0.1, 0.15) is 6.61 Å². The lowest BCUT2D eigenvalue weighted by molar-refractivity contribution is -0.163. The van der Waals surface area contributed by atoms with Crippen LogP contribution in [0.3, 0.4) is 0 Å². The topological polar surface area (TPSA) is 78.9 Å². The van der Waals surface area contributed by atoms with Crippen LogP contribution in [0.5, 0.6) is 0 Å². The Morgan fingerprint density at radius 3 is 2.29 bits per heavy atom. The summed E-state index contributed by atoms with van der Waals surface area (Å²) in [4.78, 5) is 36.2. The van der Waals surface area contributed by atoms with Gasteiger partial charge in [-0.15, -0.1) is 0 Å². The number of carbonyl (C=O) groups excluding carboxylic acids is 3. The minimum atomic E-state index is -4.07. The lowest BCUT2D eigenvalue weighted by Gasteiger charge is -2.20. The minimum Gasteiger partial charge on any atom is -0.458 e. The second-order valence-corrected chi connectivity index (χ2v) is 6.92. The second kappa shape index (κ2) is 8.14. The van der Waals surface area contributed by atoms with Gasteiger partial charge in [-0.25, -0.2) is 14.4 Å². The summed E-state index contributed by atoms with van der Waals surface area (Å²) in [6.07, 6.45) is -3.87. The van der Waals surface area contributed by atoms with E-state index in [2.05, 4.69) is 4.74 Å². The van der Waals surface area contributed by atoms with E-state index < -0.39 is 42.6 Å². The normalized spacial score (nSPS) is 19.6. The van der Waals surface area contributed by atoms with Crippen LogP contribution >= 0.6 is 0 Å². The number of ether oxygens (including phenoxy) is 3. The third kappa shape index (κ3) is 4.09. The average molecular weight is 426 g/mol. The number of hydrogen-bond donors (Lipinski definition) is 0. The van der Waals surface area contributed by atoms with E-state index >= 15 is 0 Å². The van der Waals surface area contributed by atoms with Crippen molar-refractivity contribution in [2.45, 2.75) is 18.1 Å². The van der Waals surface area contributed by atoms with Crippen molar-refractivity contribution in [1.29, 1.82) is 0 Å². The molecule has 0 spiro atoms. The van der Waals surface area contributed by atoms with Crippen LogP contribution in [0.15, 0.2) is 72.8 Å². The Labute approximate surface area is 175 Å². The Morgan fingerprint density at radius 2 is 1.55 bits per heavy atom. The highest BCUT2D eigenvalue weighted by atomic mass is 19.3. The quantitative estimate of drug-likeness (QED) is 0.456. The highest BCUT2D eigenvalue weighted by Crippen LogP contribution is 2.35. The SMILES string of the molecule is O=C(OC[C@H]1OC(=O)C(F)(F)[C@@H]1OC(=O)c1ccc2ccccc2c1)c1ccccc1. The van der Waals surface area contributed by atoms with Crippen molar-refractivity contribution >= 4 is 28.7 Å². The fraction of sp³-hybridized carbons (Fsp3) is 0.174. The van der Waals surface area contributed by atoms with Crippen LogP contribution in [-0.4, -0.2) is 42.6 Å². The number of alkyl halides is 2. The number of fused-ring (bicyclic) bond motifs is 1. The third-order valence-corrected chi connectivity index (χ3v) is 4.83. The van der Waals surface area contributed by atoms with Crippen LogP contribution in [0, 0.1) is 0 Å². The van der Waals surface area contributed by atoms with Gasteiger partial charge in [-0.3, -0.25) is 0 Å². The largest absolute Gasteiger partial charge is 0.458 e. The van der Waals surface area contributed by atoms with E-state index in [1.807, 2.05) is 12.1 Å². The van der Waals surface area contributed by atoms with Gasteiger partial charge in [-0.1, -0.05) is 48.5 Å². The molecule has 0 bridgehead atoms. The molecule has 0 radical (unpaired) electrons. The van der Waals surface area contributed by atoms with E-state index in [1.165, 1.54) is 24.3 Å². The molecule has 8 heteroatoms. The second-order valence-electron chi connectivity index (χ2n) is 6.92. The van der Waals surface area contributed by atoms with Crippen LogP contribution in [-0.2, 0) is 19.0 Å². The zero-order valence-electron chi connectivity index (χ0n) is 16.0. The van der Waals surface area contributed by atoms with Crippen molar-refractivity contribution in [3.8, 4) is 0 Å². The zero-order chi connectivity index (χ0) is 22.0. The molecule has 6 nitrogen and oxygen atoms in total. The summed E-state index contributed by atoms with van der Waals surface area (Å²) in [5, 5.41) is 1.57. The molecule has 3 aromatic carbocycles. The molecule has 1 saturated heterocycles. The summed E-state index contributed by atoms with van der Waals surface area (Å²) in [5.74, 6) is -7.75. The first-order chi connectivity index (χ1) is 14.9. The van der Waals surface area contributed by atoms with Crippen molar-refractivity contribution in [2.75, 3.05) is 6.61 Å². The van der Waals surface area contributed by atoms with Gasteiger partial charge in [0.15, 0.2) is 6.10 Å². The number of hydrogen-bond acceptors (Lipinski definition) is 6. The zero-order valence-corrected chi connectivity index (χ0v) is 16.0. The van der Waals surface area contributed by atoms with Gasteiger partial charge < -0.3 is 14.2 Å². The number of rotatable bonds is 5. The Balaban J connectivity index is 1.49. The molecule has 3 aromatic rings. The Hall–Kier alpha value is -3.81. The number of halogens is 2. The van der Waals surface area contributed by atoms with E-state index in [1.54, 1.807) is 36.4 Å². The molecule has 158 valence electrons. The first-order valence-electron chi connectivity index (χ1n) is 9.37. The van der Waals surface area contributed by atoms with Gasteiger partial charge in [0.2, 0.25) is 6.10 Å². The molecule has 0 aliphatic carbocycles. The van der Waals surface area contributed by atoms with Gasteiger partial charge in [-0.2, -0.15) is 8.78 Å². The molecule has 0 N–H and O–H groups in total. The van der Waals surface area contributed by atoms with E-state index in [-0.39, 0.29) is 11.1 Å². The van der Waals surface area contributed by atoms with Crippen molar-refractivity contribution < 1.29 is 37.4 Å². The molecule has 1 fully saturated rings. The lowest BCUT2D eigenvalue weighted by Crippen LogP contribution is -2.43. The van der Waals surface area contributed by atoms with Crippen molar-refractivity contribution in [3.05, 3.63) is 83.9 Å². The maximum Gasteiger partial charge on any atom is 0.382 e. The van der Waals surface area contributed by atoms with Gasteiger partial charge in [0, 0.05) is 0 Å². The highest BCUT2D eigenvalue weighted by Gasteiger charge is 2.63. The maximum atomic E-state index is 14.3. The summed E-state index contributed by atoms with van der Waals surface area (Å²) < 4.78 is 43.3. The van der Waals surface area contributed by atoms with E-state index in [4.69, 9.17) is 9.47 Å². The molecule has 0 unspecified atom stereocenters. The molecule has 1 aliphatic rings. The standard InChI is InChI=1S/C23H16F2O6/c24-23(25)19(31-21(27)17-11-10-14-6-4-5-9-16(14)12-17)18(30-22(23)28)13-29-20(26)15-7-2-1-3-8-15/h1-12,18-19H,13H2/t18-,19-/m1/s1. The van der Waals surface area contributed by atoms with Crippen LogP contribution in [0.2, 0.25) is 0 Å². The predicted molar refractivity (Wildman–Crippen MR) is 105 cm³/mol. The van der Waals surface area contributed by atoms with Crippen LogP contribution in [0.4, 0.5) is 8.78 Å². The Bertz CT molecular complexity index is 1150. The first-order valence-corrected chi connectivity index (χ1v) is 9.37. The molecule has 0 amide bonds. The molecule has 2 atom stereocenters. The van der Waals surface area contributed by atoms with Crippen LogP contribution < -0.4 is 0 Å². The van der Waals surface area contributed by atoms with Gasteiger partial charge in [-0.05, 0) is 35.0 Å². The van der Waals surface area contributed by atoms with Gasteiger partial charge >= 0.3 is 23.8 Å². The monoisotopic (exact) mass is 426 g/mol. The summed E-state index contributed by atoms with van der Waals surface area (Å²) in [7, 11) is 0. The summed E-state index contributed by atoms with van der Waals surface area (Å²) in [6.45, 7) is -0.690. The highest BCUT2D eigenvalue weighted by molar-refractivity contribution is 5.96. The molecular weight excluding hydrogens is 410 g/mol. The van der Waals surface area contributed by atoms with Crippen molar-refractivity contribution in [2.24, 2.45) is 0 Å². The van der Waals surface area contributed by atoms with Crippen LogP contribution in [0.25, 0.3) is 10.8 Å². The van der Waals surface area contributed by atoms with E-state index in [0.29, 0.717) is 0 Å². The fourth-order valence-electron chi connectivity index (χ4n) is 3.21. The predicted octanol–water partition coefficient (Wildman–Crippen LogP) is 3.78.